The van der Waals surface area contributed by atoms with Gasteiger partial charge in [0.1, 0.15) is 6.10 Å². The Hall–Kier alpha value is -2.33. The van der Waals surface area contributed by atoms with Crippen molar-refractivity contribution >= 4 is 11.8 Å². The van der Waals surface area contributed by atoms with E-state index in [0.29, 0.717) is 5.92 Å². The molecule has 1 atom stereocenters. The van der Waals surface area contributed by atoms with Crippen molar-refractivity contribution in [1.29, 1.82) is 0 Å². The summed E-state index contributed by atoms with van der Waals surface area (Å²) >= 11 is 0. The zero-order valence-electron chi connectivity index (χ0n) is 14.6. The normalized spacial score (nSPS) is 24.8. The maximum Gasteiger partial charge on any atom is 0.411 e. The Kier molecular flexibility index (Phi) is 4.45. The van der Waals surface area contributed by atoms with E-state index in [9.17, 15) is 4.79 Å². The van der Waals surface area contributed by atoms with Crippen molar-refractivity contribution in [3.05, 3.63) is 54.1 Å². The zero-order chi connectivity index (χ0) is 17.2. The fourth-order valence-electron chi connectivity index (χ4n) is 4.01. The molecule has 4 heteroatoms. The van der Waals surface area contributed by atoms with Crippen LogP contribution in [0.2, 0.25) is 0 Å². The molecule has 3 aliphatic rings. The monoisotopic (exact) mass is 336 g/mol. The van der Waals surface area contributed by atoms with Crippen LogP contribution in [0.4, 0.5) is 10.5 Å². The number of hydrogen-bond acceptors (Lipinski definition) is 3. The highest BCUT2D eigenvalue weighted by atomic mass is 16.6. The summed E-state index contributed by atoms with van der Waals surface area (Å²) in [7, 11) is 0. The lowest BCUT2D eigenvalue weighted by atomic mass is 9.86. The number of amides is 1. The Morgan fingerprint density at radius 2 is 1.84 bits per heavy atom. The maximum absolute atomic E-state index is 12.5. The second kappa shape index (κ2) is 6.89. The van der Waals surface area contributed by atoms with Gasteiger partial charge in [0.15, 0.2) is 0 Å². The van der Waals surface area contributed by atoms with Crippen LogP contribution < -0.4 is 5.32 Å². The summed E-state index contributed by atoms with van der Waals surface area (Å²) in [4.78, 5) is 14.9. The van der Waals surface area contributed by atoms with Crippen LogP contribution >= 0.6 is 0 Å². The van der Waals surface area contributed by atoms with E-state index in [2.05, 4.69) is 22.3 Å². The molecule has 0 radical (unpaired) electrons. The molecule has 0 saturated carbocycles. The number of ether oxygens (including phenoxy) is 1. The van der Waals surface area contributed by atoms with Crippen LogP contribution in [-0.2, 0) is 4.74 Å². The van der Waals surface area contributed by atoms with Crippen molar-refractivity contribution in [2.75, 3.05) is 25.0 Å². The van der Waals surface area contributed by atoms with Gasteiger partial charge in [-0.05, 0) is 49.9 Å². The summed E-state index contributed by atoms with van der Waals surface area (Å²) in [6.07, 6.45) is 1.95. The third kappa shape index (κ3) is 3.40. The second-order valence-electron chi connectivity index (χ2n) is 7.07. The number of carbonyl (C=O) groups is 1. The highest BCUT2D eigenvalue weighted by molar-refractivity contribution is 5.93. The van der Waals surface area contributed by atoms with E-state index in [1.807, 2.05) is 43.3 Å². The number of piperidine rings is 3. The molecule has 1 amide bonds. The first-order valence-electron chi connectivity index (χ1n) is 9.06. The van der Waals surface area contributed by atoms with Crippen molar-refractivity contribution in [3.8, 4) is 11.1 Å². The van der Waals surface area contributed by atoms with E-state index in [4.69, 9.17) is 4.74 Å². The number of hydrogen-bond donors (Lipinski definition) is 1. The van der Waals surface area contributed by atoms with E-state index < -0.39 is 0 Å². The van der Waals surface area contributed by atoms with E-state index >= 15 is 0 Å². The minimum absolute atomic E-state index is 0.0201. The van der Waals surface area contributed by atoms with E-state index in [1.165, 1.54) is 0 Å². The molecule has 3 fully saturated rings. The lowest BCUT2D eigenvalue weighted by Crippen LogP contribution is -2.52. The largest absolute Gasteiger partial charge is 0.444 e. The molecular formula is C21H24N2O2. The quantitative estimate of drug-likeness (QED) is 0.908. The number of aryl methyl sites for hydroxylation is 1. The zero-order valence-corrected chi connectivity index (χ0v) is 14.6. The summed E-state index contributed by atoms with van der Waals surface area (Å²) in [6.45, 7) is 5.16. The Bertz CT molecular complexity index is 752. The van der Waals surface area contributed by atoms with Crippen molar-refractivity contribution in [2.45, 2.75) is 25.9 Å². The van der Waals surface area contributed by atoms with Gasteiger partial charge in [0, 0.05) is 12.1 Å². The number of carbonyl (C=O) groups excluding carboxylic acids is 1. The summed E-state index contributed by atoms with van der Waals surface area (Å²) in [5.41, 5.74) is 3.97. The van der Waals surface area contributed by atoms with Crippen LogP contribution in [0.5, 0.6) is 0 Å². The molecule has 1 unspecified atom stereocenters. The topological polar surface area (TPSA) is 41.6 Å². The van der Waals surface area contributed by atoms with Crippen LogP contribution in [-0.4, -0.2) is 36.7 Å². The molecule has 2 bridgehead atoms. The van der Waals surface area contributed by atoms with Crippen LogP contribution in [0.25, 0.3) is 11.1 Å². The first-order chi connectivity index (χ1) is 12.2. The molecule has 25 heavy (non-hydrogen) atoms. The number of para-hydroxylation sites is 1. The third-order valence-electron chi connectivity index (χ3n) is 5.44. The summed E-state index contributed by atoms with van der Waals surface area (Å²) < 4.78 is 5.78. The molecule has 0 aliphatic carbocycles. The molecule has 3 heterocycles. The van der Waals surface area contributed by atoms with E-state index in [1.54, 1.807) is 0 Å². The predicted molar refractivity (Wildman–Crippen MR) is 99.7 cm³/mol. The van der Waals surface area contributed by atoms with Gasteiger partial charge in [0.25, 0.3) is 0 Å². The molecule has 130 valence electrons. The van der Waals surface area contributed by atoms with Gasteiger partial charge < -0.3 is 4.74 Å². The molecular weight excluding hydrogens is 312 g/mol. The number of benzene rings is 2. The number of nitrogens with one attached hydrogen (secondary N) is 1. The Morgan fingerprint density at radius 1 is 1.08 bits per heavy atom. The maximum atomic E-state index is 12.5. The fourth-order valence-corrected chi connectivity index (χ4v) is 4.01. The molecule has 3 saturated heterocycles. The van der Waals surface area contributed by atoms with Crippen LogP contribution in [0.1, 0.15) is 18.4 Å². The Balaban J connectivity index is 1.51. The highest BCUT2D eigenvalue weighted by Gasteiger charge is 2.36. The molecule has 3 aliphatic heterocycles. The minimum Gasteiger partial charge on any atom is -0.444 e. The van der Waals surface area contributed by atoms with Crippen molar-refractivity contribution in [1.82, 2.24) is 4.90 Å². The first-order valence-corrected chi connectivity index (χ1v) is 9.06. The molecule has 5 rings (SSSR count). The van der Waals surface area contributed by atoms with Gasteiger partial charge in [-0.1, -0.05) is 48.5 Å². The van der Waals surface area contributed by atoms with Crippen LogP contribution in [0.15, 0.2) is 48.5 Å². The molecule has 2 aromatic carbocycles. The standard InChI is InChI=1S/C21H24N2O2/c1-15-6-5-9-18(16-7-3-2-4-8-16)20(15)22-21(24)25-19-14-23-12-10-17(19)11-13-23/h2-9,17,19H,10-14H2,1H3,(H,22,24). The highest BCUT2D eigenvalue weighted by Crippen LogP contribution is 2.32. The molecule has 2 aromatic rings. The molecule has 0 spiro atoms. The number of anilines is 1. The minimum atomic E-state index is -0.342. The predicted octanol–water partition coefficient (Wildman–Crippen LogP) is 4.30. The van der Waals surface area contributed by atoms with Gasteiger partial charge in [0.2, 0.25) is 0 Å². The first kappa shape index (κ1) is 16.2. The van der Waals surface area contributed by atoms with Gasteiger partial charge in [0.05, 0.1) is 5.69 Å². The Morgan fingerprint density at radius 3 is 2.52 bits per heavy atom. The van der Waals surface area contributed by atoms with Crippen molar-refractivity contribution in [2.24, 2.45) is 5.92 Å². The van der Waals surface area contributed by atoms with Gasteiger partial charge in [-0.15, -0.1) is 0 Å². The molecule has 1 N–H and O–H groups in total. The van der Waals surface area contributed by atoms with E-state index in [0.717, 1.165) is 54.9 Å². The second-order valence-corrected chi connectivity index (χ2v) is 7.07. The summed E-state index contributed by atoms with van der Waals surface area (Å²) in [5, 5.41) is 3.00. The lowest BCUT2D eigenvalue weighted by molar-refractivity contribution is -0.0289. The van der Waals surface area contributed by atoms with Gasteiger partial charge in [-0.25, -0.2) is 4.79 Å². The average Bonchev–Trinajstić information content (AvgIpc) is 2.65. The smallest absolute Gasteiger partial charge is 0.411 e. The number of fused-ring (bicyclic) bond motifs is 3. The van der Waals surface area contributed by atoms with E-state index in [-0.39, 0.29) is 12.2 Å². The average molecular weight is 336 g/mol. The number of nitrogens with zero attached hydrogens (tertiary/aromatic N) is 1. The Labute approximate surface area is 148 Å². The lowest BCUT2D eigenvalue weighted by Gasteiger charge is -2.43. The van der Waals surface area contributed by atoms with Crippen LogP contribution in [0.3, 0.4) is 0 Å². The molecule has 0 aromatic heterocycles. The fraction of sp³-hybridized carbons (Fsp3) is 0.381. The SMILES string of the molecule is Cc1cccc(-c2ccccc2)c1NC(=O)OC1CN2CCC1CC2. The van der Waals surface area contributed by atoms with Crippen molar-refractivity contribution in [3.63, 3.8) is 0 Å². The van der Waals surface area contributed by atoms with Crippen LogP contribution in [0, 0.1) is 12.8 Å². The van der Waals surface area contributed by atoms with Gasteiger partial charge >= 0.3 is 6.09 Å². The summed E-state index contributed by atoms with van der Waals surface area (Å²) in [6, 6.07) is 16.2. The summed E-state index contributed by atoms with van der Waals surface area (Å²) in [5.74, 6) is 0.515. The number of rotatable bonds is 3. The third-order valence-corrected chi connectivity index (χ3v) is 5.44. The van der Waals surface area contributed by atoms with Gasteiger partial charge in [-0.2, -0.15) is 0 Å². The van der Waals surface area contributed by atoms with Gasteiger partial charge in [-0.3, -0.25) is 10.2 Å². The van der Waals surface area contributed by atoms with Crippen molar-refractivity contribution < 1.29 is 9.53 Å². The molecule has 4 nitrogen and oxygen atoms in total.